The van der Waals surface area contributed by atoms with Gasteiger partial charge < -0.3 is 19.6 Å². The molecule has 0 aromatic heterocycles. The number of piperazine rings is 1. The summed E-state index contributed by atoms with van der Waals surface area (Å²) in [4.78, 5) is 29.6. The summed E-state index contributed by atoms with van der Waals surface area (Å²) in [5.41, 5.74) is 1.51. The summed E-state index contributed by atoms with van der Waals surface area (Å²) in [6.45, 7) is 8.50. The predicted molar refractivity (Wildman–Crippen MR) is 108 cm³/mol. The number of benzene rings is 1. The number of nitrogens with zero attached hydrogens (tertiary/aromatic N) is 3. The number of carboxylic acid groups (broad SMARTS) is 1. The Morgan fingerprint density at radius 2 is 1.64 bits per heavy atom. The van der Waals surface area contributed by atoms with Gasteiger partial charge in [0.25, 0.3) is 0 Å². The molecule has 1 atom stereocenters. The summed E-state index contributed by atoms with van der Waals surface area (Å²) < 4.78 is 5.56. The maximum absolute atomic E-state index is 12.7. The monoisotopic (exact) mass is 389 g/mol. The predicted octanol–water partition coefficient (Wildman–Crippen LogP) is 3.95. The minimum absolute atomic E-state index is 0.248. The number of piperidine rings is 1. The van der Waals surface area contributed by atoms with Crippen LogP contribution in [0.15, 0.2) is 24.3 Å². The second-order valence-corrected chi connectivity index (χ2v) is 8.56. The maximum atomic E-state index is 12.7. The van der Waals surface area contributed by atoms with E-state index < -0.39 is 17.8 Å². The SMILES string of the molecule is CC(C)(C)OC(=O)N1CCN(C(=O)O)C[C@@H]1c1ccc(N2CCCCC2)cc1. The molecule has 0 aliphatic carbocycles. The Hall–Kier alpha value is -2.44. The molecule has 0 spiro atoms. The molecule has 0 radical (unpaired) electrons. The molecule has 0 saturated carbocycles. The number of amides is 2. The number of carbonyl (C=O) groups is 2. The highest BCUT2D eigenvalue weighted by Crippen LogP contribution is 2.29. The highest BCUT2D eigenvalue weighted by atomic mass is 16.6. The molecule has 2 saturated heterocycles. The fourth-order valence-electron chi connectivity index (χ4n) is 3.84. The molecule has 2 fully saturated rings. The van der Waals surface area contributed by atoms with Crippen molar-refractivity contribution in [1.29, 1.82) is 0 Å². The van der Waals surface area contributed by atoms with Crippen molar-refractivity contribution in [2.45, 2.75) is 51.7 Å². The Labute approximate surface area is 166 Å². The minimum atomic E-state index is -0.959. The average Bonchev–Trinajstić information content (AvgIpc) is 2.67. The van der Waals surface area contributed by atoms with Crippen molar-refractivity contribution in [2.24, 2.45) is 0 Å². The first-order valence-corrected chi connectivity index (χ1v) is 10.1. The molecule has 1 N–H and O–H groups in total. The lowest BCUT2D eigenvalue weighted by Crippen LogP contribution is -2.53. The van der Waals surface area contributed by atoms with Gasteiger partial charge in [0.15, 0.2) is 0 Å². The van der Waals surface area contributed by atoms with Crippen molar-refractivity contribution in [1.82, 2.24) is 9.80 Å². The van der Waals surface area contributed by atoms with Gasteiger partial charge in [-0.15, -0.1) is 0 Å². The summed E-state index contributed by atoms with van der Waals surface area (Å²) in [5, 5.41) is 9.41. The van der Waals surface area contributed by atoms with Crippen LogP contribution in [0.25, 0.3) is 0 Å². The van der Waals surface area contributed by atoms with Crippen molar-refractivity contribution in [2.75, 3.05) is 37.6 Å². The topological polar surface area (TPSA) is 73.3 Å². The van der Waals surface area contributed by atoms with Crippen LogP contribution < -0.4 is 4.90 Å². The number of anilines is 1. The van der Waals surface area contributed by atoms with Crippen LogP contribution in [0.2, 0.25) is 0 Å². The van der Waals surface area contributed by atoms with Crippen LogP contribution in [-0.4, -0.2) is 65.4 Å². The van der Waals surface area contributed by atoms with Crippen molar-refractivity contribution in [3.05, 3.63) is 29.8 Å². The minimum Gasteiger partial charge on any atom is -0.465 e. The number of ether oxygens (including phenoxy) is 1. The largest absolute Gasteiger partial charge is 0.465 e. The standard InChI is InChI=1S/C21H31N3O4/c1-21(2,3)28-20(27)24-14-13-23(19(25)26)15-18(24)16-7-9-17(10-8-16)22-11-5-4-6-12-22/h7-10,18H,4-6,11-15H2,1-3H3,(H,25,26)/t18-/m1/s1. The quantitative estimate of drug-likeness (QED) is 0.829. The molecular weight excluding hydrogens is 358 g/mol. The highest BCUT2D eigenvalue weighted by molar-refractivity contribution is 5.70. The highest BCUT2D eigenvalue weighted by Gasteiger charge is 2.35. The van der Waals surface area contributed by atoms with Crippen molar-refractivity contribution in [3.63, 3.8) is 0 Å². The maximum Gasteiger partial charge on any atom is 0.410 e. The third kappa shape index (κ3) is 4.88. The van der Waals surface area contributed by atoms with Gasteiger partial charge in [-0.05, 0) is 57.7 Å². The van der Waals surface area contributed by atoms with Gasteiger partial charge in [-0.3, -0.25) is 4.90 Å². The van der Waals surface area contributed by atoms with Crippen molar-refractivity contribution >= 4 is 17.9 Å². The van der Waals surface area contributed by atoms with E-state index in [0.29, 0.717) is 6.54 Å². The van der Waals surface area contributed by atoms with Gasteiger partial charge >= 0.3 is 12.2 Å². The molecule has 28 heavy (non-hydrogen) atoms. The summed E-state index contributed by atoms with van der Waals surface area (Å²) in [7, 11) is 0. The number of rotatable bonds is 2. The third-order valence-electron chi connectivity index (χ3n) is 5.28. The molecule has 2 aliphatic rings. The molecule has 0 unspecified atom stereocenters. The first-order valence-electron chi connectivity index (χ1n) is 10.1. The molecule has 0 bridgehead atoms. The van der Waals surface area contributed by atoms with Gasteiger partial charge in [-0.1, -0.05) is 12.1 Å². The van der Waals surface area contributed by atoms with Gasteiger partial charge in [0.1, 0.15) is 5.60 Å². The zero-order chi connectivity index (χ0) is 20.3. The van der Waals surface area contributed by atoms with Crippen molar-refractivity contribution < 1.29 is 19.4 Å². The van der Waals surface area contributed by atoms with E-state index in [4.69, 9.17) is 4.74 Å². The Morgan fingerprint density at radius 3 is 2.21 bits per heavy atom. The van der Waals surface area contributed by atoms with E-state index >= 15 is 0 Å². The Bertz CT molecular complexity index is 693. The molecule has 1 aromatic carbocycles. The zero-order valence-electron chi connectivity index (χ0n) is 17.1. The summed E-state index contributed by atoms with van der Waals surface area (Å²) in [6, 6.07) is 7.82. The van der Waals surface area contributed by atoms with Crippen LogP contribution in [0.4, 0.5) is 15.3 Å². The van der Waals surface area contributed by atoms with E-state index in [1.54, 1.807) is 4.90 Å². The molecule has 7 heteroatoms. The van der Waals surface area contributed by atoms with Gasteiger partial charge in [0.05, 0.1) is 6.04 Å². The second-order valence-electron chi connectivity index (χ2n) is 8.56. The Morgan fingerprint density at radius 1 is 1.00 bits per heavy atom. The van der Waals surface area contributed by atoms with E-state index in [9.17, 15) is 14.7 Å². The molecule has 1 aromatic rings. The molecule has 2 amide bonds. The fraction of sp³-hybridized carbons (Fsp3) is 0.619. The second kappa shape index (κ2) is 8.29. The lowest BCUT2D eigenvalue weighted by atomic mass is 10.0. The van der Waals surface area contributed by atoms with Crippen LogP contribution in [0, 0.1) is 0 Å². The van der Waals surface area contributed by atoms with Crippen LogP contribution in [0.5, 0.6) is 0 Å². The van der Waals surface area contributed by atoms with Crippen LogP contribution in [-0.2, 0) is 4.74 Å². The average molecular weight is 389 g/mol. The van der Waals surface area contributed by atoms with E-state index in [0.717, 1.165) is 18.7 Å². The smallest absolute Gasteiger partial charge is 0.410 e. The summed E-state index contributed by atoms with van der Waals surface area (Å²) in [5.74, 6) is 0. The normalized spacial score (nSPS) is 20.8. The molecule has 7 nitrogen and oxygen atoms in total. The van der Waals surface area contributed by atoms with Crippen LogP contribution in [0.1, 0.15) is 51.6 Å². The third-order valence-corrected chi connectivity index (χ3v) is 5.28. The first-order chi connectivity index (χ1) is 13.2. The zero-order valence-corrected chi connectivity index (χ0v) is 17.1. The van der Waals surface area contributed by atoms with Crippen LogP contribution in [0.3, 0.4) is 0 Å². The van der Waals surface area contributed by atoms with E-state index in [1.165, 1.54) is 29.8 Å². The van der Waals surface area contributed by atoms with E-state index in [-0.39, 0.29) is 19.1 Å². The van der Waals surface area contributed by atoms with E-state index in [2.05, 4.69) is 17.0 Å². The van der Waals surface area contributed by atoms with Gasteiger partial charge in [-0.25, -0.2) is 9.59 Å². The summed E-state index contributed by atoms with van der Waals surface area (Å²) >= 11 is 0. The first kappa shape index (κ1) is 20.3. The summed E-state index contributed by atoms with van der Waals surface area (Å²) in [6.07, 6.45) is 2.35. The lowest BCUT2D eigenvalue weighted by Gasteiger charge is -2.41. The number of hydrogen-bond donors (Lipinski definition) is 1. The molecular formula is C21H31N3O4. The lowest BCUT2D eigenvalue weighted by molar-refractivity contribution is -0.000590. The van der Waals surface area contributed by atoms with Gasteiger partial charge in [0.2, 0.25) is 0 Å². The van der Waals surface area contributed by atoms with Crippen LogP contribution >= 0.6 is 0 Å². The molecule has 2 aliphatic heterocycles. The van der Waals surface area contributed by atoms with Gasteiger partial charge in [-0.2, -0.15) is 0 Å². The molecule has 154 valence electrons. The van der Waals surface area contributed by atoms with E-state index in [1.807, 2.05) is 32.9 Å². The Kier molecular flexibility index (Phi) is 6.01. The number of hydrogen-bond acceptors (Lipinski definition) is 4. The molecule has 3 rings (SSSR count). The Balaban J connectivity index is 1.80. The number of carbonyl (C=O) groups excluding carboxylic acids is 1. The molecule has 2 heterocycles. The fourth-order valence-corrected chi connectivity index (χ4v) is 3.84. The van der Waals surface area contributed by atoms with Crippen molar-refractivity contribution in [3.8, 4) is 0 Å². The van der Waals surface area contributed by atoms with Gasteiger partial charge in [0, 0.05) is 38.4 Å².